The average molecular weight is 200 g/mol. The molecule has 0 bridgehead atoms. The molecule has 0 spiro atoms. The van der Waals surface area contributed by atoms with Crippen LogP contribution in [0.25, 0.3) is 0 Å². The van der Waals surface area contributed by atoms with E-state index in [9.17, 15) is 9.59 Å². The van der Waals surface area contributed by atoms with Gasteiger partial charge < -0.3 is 5.11 Å². The van der Waals surface area contributed by atoms with E-state index in [-0.39, 0.29) is 16.0 Å². The van der Waals surface area contributed by atoms with Crippen LogP contribution in [0.5, 0.6) is 0 Å². The maximum Gasteiger partial charge on any atom is 0.330 e. The monoisotopic (exact) mass is 200 g/mol. The van der Waals surface area contributed by atoms with Crippen molar-refractivity contribution >= 4 is 11.9 Å². The number of carboxylic acids is 1. The number of quaternary nitrogens is 1. The maximum atomic E-state index is 11.1. The van der Waals surface area contributed by atoms with E-state index in [1.165, 1.54) is 6.92 Å². The Kier molecular flexibility index (Phi) is 4.50. The van der Waals surface area contributed by atoms with Gasteiger partial charge in [0.1, 0.15) is 0 Å². The van der Waals surface area contributed by atoms with Gasteiger partial charge in [0.05, 0.1) is 27.6 Å². The zero-order valence-corrected chi connectivity index (χ0v) is 9.04. The van der Waals surface area contributed by atoms with E-state index in [0.717, 1.165) is 0 Å². The van der Waals surface area contributed by atoms with E-state index in [1.54, 1.807) is 0 Å². The number of carboxylic acid groups (broad SMARTS) is 1. The largest absolute Gasteiger partial charge is 0.478 e. The Labute approximate surface area is 84.4 Å². The molecule has 4 nitrogen and oxygen atoms in total. The summed E-state index contributed by atoms with van der Waals surface area (Å²) < 4.78 is 0.285. The van der Waals surface area contributed by atoms with Crippen molar-refractivity contribution in [2.24, 2.45) is 0 Å². The molecule has 1 amide bonds. The minimum atomic E-state index is -0.960. The van der Waals surface area contributed by atoms with Gasteiger partial charge in [-0.3, -0.25) is 4.48 Å². The summed E-state index contributed by atoms with van der Waals surface area (Å²) in [5, 5.41) is 8.55. The molecular formula is C10H18NO3+. The number of amides is 1. The molecule has 0 unspecified atom stereocenters. The van der Waals surface area contributed by atoms with Crippen molar-refractivity contribution in [3.8, 4) is 0 Å². The second kappa shape index (κ2) is 4.91. The highest BCUT2D eigenvalue weighted by molar-refractivity contribution is 5.85. The van der Waals surface area contributed by atoms with E-state index in [2.05, 4.69) is 6.58 Å². The molecule has 80 valence electrons. The van der Waals surface area contributed by atoms with Crippen molar-refractivity contribution in [3.05, 3.63) is 12.2 Å². The van der Waals surface area contributed by atoms with Crippen molar-refractivity contribution in [1.29, 1.82) is 0 Å². The van der Waals surface area contributed by atoms with Crippen LogP contribution in [-0.2, 0) is 9.59 Å². The van der Waals surface area contributed by atoms with Crippen molar-refractivity contribution in [2.75, 3.05) is 20.6 Å². The first-order valence-corrected chi connectivity index (χ1v) is 4.52. The number of carbonyl (C=O) groups excluding carboxylic acids is 1. The van der Waals surface area contributed by atoms with Crippen LogP contribution in [0.2, 0.25) is 0 Å². The fourth-order valence-corrected chi connectivity index (χ4v) is 0.952. The molecule has 0 aliphatic heterocycles. The van der Waals surface area contributed by atoms with Crippen LogP contribution in [0.3, 0.4) is 0 Å². The molecule has 0 saturated carbocycles. The topological polar surface area (TPSA) is 54.4 Å². The van der Waals surface area contributed by atoms with E-state index in [4.69, 9.17) is 5.11 Å². The van der Waals surface area contributed by atoms with Gasteiger partial charge in [0.25, 0.3) is 0 Å². The summed E-state index contributed by atoms with van der Waals surface area (Å²) in [7, 11) is 3.62. The Morgan fingerprint density at radius 2 is 1.86 bits per heavy atom. The zero-order chi connectivity index (χ0) is 11.4. The van der Waals surface area contributed by atoms with E-state index < -0.39 is 5.97 Å². The fourth-order valence-electron chi connectivity index (χ4n) is 0.952. The summed E-state index contributed by atoms with van der Waals surface area (Å²) >= 11 is 0. The smallest absolute Gasteiger partial charge is 0.330 e. The molecule has 0 saturated heterocycles. The number of rotatable bonds is 5. The number of hydrogen-bond donors (Lipinski definition) is 1. The van der Waals surface area contributed by atoms with Crippen LogP contribution in [-0.4, -0.2) is 42.1 Å². The Morgan fingerprint density at radius 1 is 1.36 bits per heavy atom. The molecule has 0 aromatic rings. The summed E-state index contributed by atoms with van der Waals surface area (Å²) in [6.45, 7) is 5.60. The van der Waals surface area contributed by atoms with Gasteiger partial charge in [-0.15, -0.1) is 0 Å². The third kappa shape index (κ3) is 4.18. The van der Waals surface area contributed by atoms with Gasteiger partial charge in [-0.25, -0.2) is 9.59 Å². The zero-order valence-electron chi connectivity index (χ0n) is 9.04. The second-order valence-corrected chi connectivity index (χ2v) is 3.94. The summed E-state index contributed by atoms with van der Waals surface area (Å²) in [5.41, 5.74) is 0.202. The van der Waals surface area contributed by atoms with E-state index in [0.29, 0.717) is 19.4 Å². The summed E-state index contributed by atoms with van der Waals surface area (Å²) in [5.74, 6) is -0.885. The van der Waals surface area contributed by atoms with Crippen LogP contribution >= 0.6 is 0 Å². The van der Waals surface area contributed by atoms with Crippen LogP contribution < -0.4 is 0 Å². The lowest BCUT2D eigenvalue weighted by Gasteiger charge is -2.25. The molecule has 0 heterocycles. The molecule has 0 fully saturated rings. The highest BCUT2D eigenvalue weighted by atomic mass is 16.4. The number of aliphatic carboxylic acids is 1. The Hall–Kier alpha value is -1.16. The quantitative estimate of drug-likeness (QED) is 0.532. The number of carbonyl (C=O) groups is 2. The first-order chi connectivity index (χ1) is 6.27. The Morgan fingerprint density at radius 3 is 2.21 bits per heavy atom. The van der Waals surface area contributed by atoms with Gasteiger partial charge in [0.2, 0.25) is 0 Å². The highest BCUT2D eigenvalue weighted by Crippen LogP contribution is 2.07. The minimum Gasteiger partial charge on any atom is -0.478 e. The summed E-state index contributed by atoms with van der Waals surface area (Å²) in [6.07, 6.45) is 1.10. The highest BCUT2D eigenvalue weighted by Gasteiger charge is 2.20. The van der Waals surface area contributed by atoms with Gasteiger partial charge in [-0.05, 0) is 6.42 Å². The number of hydrogen-bond acceptors (Lipinski definition) is 2. The molecule has 0 atom stereocenters. The lowest BCUT2D eigenvalue weighted by atomic mass is 10.1. The first-order valence-electron chi connectivity index (χ1n) is 4.52. The molecule has 0 aliphatic rings. The predicted octanol–water partition coefficient (Wildman–Crippen LogP) is 1.03. The molecule has 0 rings (SSSR count). The van der Waals surface area contributed by atoms with Gasteiger partial charge in [0, 0.05) is 12.0 Å². The molecule has 14 heavy (non-hydrogen) atoms. The van der Waals surface area contributed by atoms with Crippen molar-refractivity contribution in [1.82, 2.24) is 0 Å². The fraction of sp³-hybridized carbons (Fsp3) is 0.600. The summed E-state index contributed by atoms with van der Waals surface area (Å²) in [6, 6.07) is 0. The first kappa shape index (κ1) is 12.8. The van der Waals surface area contributed by atoms with Crippen LogP contribution in [0.1, 0.15) is 19.8 Å². The van der Waals surface area contributed by atoms with Crippen molar-refractivity contribution in [2.45, 2.75) is 19.8 Å². The molecule has 0 aromatic heterocycles. The van der Waals surface area contributed by atoms with Crippen molar-refractivity contribution in [3.63, 3.8) is 0 Å². The van der Waals surface area contributed by atoms with Crippen LogP contribution in [0, 0.1) is 0 Å². The lowest BCUT2D eigenvalue weighted by molar-refractivity contribution is -0.813. The van der Waals surface area contributed by atoms with Crippen molar-refractivity contribution < 1.29 is 19.2 Å². The van der Waals surface area contributed by atoms with E-state index in [1.807, 2.05) is 14.1 Å². The second-order valence-electron chi connectivity index (χ2n) is 3.94. The van der Waals surface area contributed by atoms with Gasteiger partial charge >= 0.3 is 11.9 Å². The molecule has 0 radical (unpaired) electrons. The van der Waals surface area contributed by atoms with Gasteiger partial charge in [-0.1, -0.05) is 6.58 Å². The Bertz CT molecular complexity index is 256. The van der Waals surface area contributed by atoms with Gasteiger partial charge in [0.15, 0.2) is 0 Å². The SMILES string of the molecule is C=C(CCC[N+](C)(C)C(C)=O)C(=O)O. The molecule has 0 aliphatic carbocycles. The average Bonchev–Trinajstić information content (AvgIpc) is 2.03. The number of nitrogens with zero attached hydrogens (tertiary/aromatic N) is 1. The molecule has 1 N–H and O–H groups in total. The normalized spacial score (nSPS) is 11.1. The maximum absolute atomic E-state index is 11.1. The molecule has 0 aromatic carbocycles. The Balaban J connectivity index is 3.91. The van der Waals surface area contributed by atoms with Crippen LogP contribution in [0.4, 0.5) is 0 Å². The van der Waals surface area contributed by atoms with E-state index >= 15 is 0 Å². The summed E-state index contributed by atoms with van der Waals surface area (Å²) in [4.78, 5) is 21.5. The minimum absolute atomic E-state index is 0.0749. The standard InChI is InChI=1S/C10H17NO3/c1-8(10(13)14)6-5-7-11(3,4)9(2)12/h1,5-7H2,2-4H3/p+1. The van der Waals surface area contributed by atoms with Gasteiger partial charge in [-0.2, -0.15) is 0 Å². The third-order valence-electron chi connectivity index (χ3n) is 2.35. The molecule has 4 heteroatoms. The van der Waals surface area contributed by atoms with Crippen LogP contribution in [0.15, 0.2) is 12.2 Å². The third-order valence-corrected chi connectivity index (χ3v) is 2.35. The molecular weight excluding hydrogens is 182 g/mol. The lowest BCUT2D eigenvalue weighted by Crippen LogP contribution is -2.44. The predicted molar refractivity (Wildman–Crippen MR) is 53.7 cm³/mol.